The van der Waals surface area contributed by atoms with Crippen LogP contribution in [0, 0.1) is 0 Å². The maximum absolute atomic E-state index is 12.3. The van der Waals surface area contributed by atoms with Crippen LogP contribution < -0.4 is 10.1 Å². The number of ether oxygens (including phenoxy) is 2. The van der Waals surface area contributed by atoms with Gasteiger partial charge in [0.15, 0.2) is 0 Å². The first-order valence-corrected chi connectivity index (χ1v) is 10.6. The molecule has 9 heteroatoms. The highest BCUT2D eigenvalue weighted by Gasteiger charge is 2.42. The van der Waals surface area contributed by atoms with E-state index in [0.717, 1.165) is 23.4 Å². The molecule has 0 spiro atoms. The molecule has 0 aliphatic carbocycles. The summed E-state index contributed by atoms with van der Waals surface area (Å²) in [6.45, 7) is 1.20. The minimum Gasteiger partial charge on any atom is -0.494 e. The Labute approximate surface area is 194 Å². The fourth-order valence-electron chi connectivity index (χ4n) is 3.17. The molecule has 3 rings (SSSR count). The quantitative estimate of drug-likeness (QED) is 0.261. The van der Waals surface area contributed by atoms with Gasteiger partial charge in [-0.25, -0.2) is 9.78 Å². The van der Waals surface area contributed by atoms with Crippen molar-refractivity contribution in [2.45, 2.75) is 25.4 Å². The van der Waals surface area contributed by atoms with Crippen LogP contribution in [0.3, 0.4) is 0 Å². The third kappa shape index (κ3) is 7.91. The fourth-order valence-corrected chi connectivity index (χ4v) is 3.17. The van der Waals surface area contributed by atoms with Gasteiger partial charge in [-0.2, -0.15) is 13.2 Å². The average molecular weight is 472 g/mol. The number of pyridine rings is 1. The Morgan fingerprint density at radius 2 is 1.71 bits per heavy atom. The molecule has 0 fully saturated rings. The van der Waals surface area contributed by atoms with Crippen molar-refractivity contribution in [1.29, 1.82) is 0 Å². The molecule has 1 N–H and O–H groups in total. The van der Waals surface area contributed by atoms with Crippen LogP contribution in [0.25, 0.3) is 0 Å². The molecule has 0 saturated carbocycles. The predicted octanol–water partition coefficient (Wildman–Crippen LogP) is 4.73. The second-order valence-electron chi connectivity index (χ2n) is 7.37. The molecule has 3 aromatic rings. The summed E-state index contributed by atoms with van der Waals surface area (Å²) in [4.78, 5) is 26.9. The Bertz CT molecular complexity index is 1100. The van der Waals surface area contributed by atoms with Gasteiger partial charge >= 0.3 is 18.1 Å². The predicted molar refractivity (Wildman–Crippen MR) is 119 cm³/mol. The topological polar surface area (TPSA) is 77.5 Å². The van der Waals surface area contributed by atoms with Crippen LogP contribution in [0.1, 0.15) is 23.1 Å². The highest BCUT2D eigenvalue weighted by molar-refractivity contribution is 5.89. The van der Waals surface area contributed by atoms with E-state index in [9.17, 15) is 22.8 Å². The summed E-state index contributed by atoms with van der Waals surface area (Å²) in [7, 11) is 0. The molecule has 2 aromatic carbocycles. The first-order valence-electron chi connectivity index (χ1n) is 10.6. The number of hydrogen-bond acceptors (Lipinski definition) is 6. The second-order valence-corrected chi connectivity index (χ2v) is 7.37. The monoisotopic (exact) mass is 472 g/mol. The highest BCUT2D eigenvalue weighted by Crippen LogP contribution is 2.21. The lowest BCUT2D eigenvalue weighted by Gasteiger charge is -2.12. The lowest BCUT2D eigenvalue weighted by atomic mass is 9.98. The molecule has 0 bridgehead atoms. The van der Waals surface area contributed by atoms with E-state index < -0.39 is 24.5 Å². The number of carbonyl (C=O) groups is 2. The van der Waals surface area contributed by atoms with Crippen LogP contribution in [-0.2, 0) is 27.2 Å². The van der Waals surface area contributed by atoms with Crippen LogP contribution in [0.4, 0.5) is 19.0 Å². The van der Waals surface area contributed by atoms with Crippen molar-refractivity contribution < 1.29 is 32.2 Å². The van der Waals surface area contributed by atoms with Crippen LogP contribution in [0.2, 0.25) is 0 Å². The van der Waals surface area contributed by atoms with E-state index in [1.54, 1.807) is 30.5 Å². The number of benzene rings is 2. The number of aromatic nitrogens is 1. The summed E-state index contributed by atoms with van der Waals surface area (Å²) in [6, 6.07) is 19.9. The van der Waals surface area contributed by atoms with Gasteiger partial charge in [-0.05, 0) is 53.8 Å². The van der Waals surface area contributed by atoms with Crippen LogP contribution >= 0.6 is 0 Å². The lowest BCUT2D eigenvalue weighted by molar-refractivity contribution is -0.201. The molecule has 178 valence electrons. The minimum atomic E-state index is -5.22. The molecule has 0 radical (unpaired) electrons. The van der Waals surface area contributed by atoms with Crippen molar-refractivity contribution >= 4 is 17.8 Å². The summed E-state index contributed by atoms with van der Waals surface area (Å²) in [5.41, 5.74) is 2.11. The molecule has 0 saturated heterocycles. The Morgan fingerprint density at radius 1 is 0.941 bits per heavy atom. The summed E-state index contributed by atoms with van der Waals surface area (Å²) >= 11 is 0. The minimum absolute atomic E-state index is 0.426. The first kappa shape index (κ1) is 24.8. The summed E-state index contributed by atoms with van der Waals surface area (Å²) in [6.07, 6.45) is -2.76. The average Bonchev–Trinajstić information content (AvgIpc) is 2.80. The molecule has 0 amide bonds. The molecule has 1 heterocycles. The molecule has 0 unspecified atom stereocenters. The number of anilines is 1. The third-order valence-corrected chi connectivity index (χ3v) is 4.75. The van der Waals surface area contributed by atoms with Gasteiger partial charge < -0.3 is 14.8 Å². The number of carbonyl (C=O) groups excluding carboxylic acids is 2. The van der Waals surface area contributed by atoms with E-state index in [1.807, 2.05) is 42.5 Å². The first-order chi connectivity index (χ1) is 16.3. The zero-order valence-corrected chi connectivity index (χ0v) is 18.2. The Hall–Kier alpha value is -3.88. The molecular weight excluding hydrogens is 449 g/mol. The zero-order valence-electron chi connectivity index (χ0n) is 18.2. The number of nitrogens with zero attached hydrogens (tertiary/aromatic N) is 1. The zero-order chi connectivity index (χ0) is 24.4. The summed E-state index contributed by atoms with van der Waals surface area (Å²) in [5.74, 6) is -2.29. The number of rotatable bonds is 10. The van der Waals surface area contributed by atoms with Gasteiger partial charge in [-0.1, -0.05) is 42.5 Å². The molecule has 6 nitrogen and oxygen atoms in total. The number of hydrogen-bond donors (Lipinski definition) is 1. The van der Waals surface area contributed by atoms with Crippen LogP contribution in [0.15, 0.2) is 72.9 Å². The second kappa shape index (κ2) is 11.8. The van der Waals surface area contributed by atoms with E-state index in [-0.39, 0.29) is 0 Å². The van der Waals surface area contributed by atoms with E-state index in [1.165, 1.54) is 0 Å². The number of esters is 2. The van der Waals surface area contributed by atoms with Crippen molar-refractivity contribution in [2.24, 2.45) is 0 Å². The van der Waals surface area contributed by atoms with Gasteiger partial charge in [-0.15, -0.1) is 0 Å². The normalized spacial score (nSPS) is 11.0. The summed E-state index contributed by atoms with van der Waals surface area (Å²) < 4.78 is 46.7. The number of alkyl halides is 3. The van der Waals surface area contributed by atoms with Crippen molar-refractivity contribution in [3.8, 4) is 5.75 Å². The van der Waals surface area contributed by atoms with E-state index in [4.69, 9.17) is 4.74 Å². The van der Waals surface area contributed by atoms with Gasteiger partial charge in [0.05, 0.1) is 13.0 Å². The van der Waals surface area contributed by atoms with Crippen LogP contribution in [-0.4, -0.2) is 36.3 Å². The summed E-state index contributed by atoms with van der Waals surface area (Å²) in [5, 5.41) is 3.20. The molecule has 0 aliphatic heterocycles. The Kier molecular flexibility index (Phi) is 8.61. The van der Waals surface area contributed by atoms with Gasteiger partial charge in [0.1, 0.15) is 11.6 Å². The molecule has 0 atom stereocenters. The van der Waals surface area contributed by atoms with E-state index in [2.05, 4.69) is 15.0 Å². The van der Waals surface area contributed by atoms with Crippen molar-refractivity contribution in [2.75, 3.05) is 18.5 Å². The van der Waals surface area contributed by atoms with Gasteiger partial charge in [0, 0.05) is 12.7 Å². The lowest BCUT2D eigenvalue weighted by Crippen LogP contribution is -2.28. The van der Waals surface area contributed by atoms with Gasteiger partial charge in [-0.3, -0.25) is 4.79 Å². The Morgan fingerprint density at radius 3 is 2.44 bits per heavy atom. The standard InChI is InChI=1S/C25H23F3N2O4/c26-25(27,28)24(32)34-23(31)17-20-9-2-1-8-19(20)15-18-7-5-10-21(16-18)33-14-6-13-30-22-11-3-4-12-29-22/h1-5,7-12,16H,6,13-15,17H2,(H,29,30). The van der Waals surface area contributed by atoms with Crippen LogP contribution in [0.5, 0.6) is 5.75 Å². The van der Waals surface area contributed by atoms with Crippen molar-refractivity contribution in [1.82, 2.24) is 4.98 Å². The van der Waals surface area contributed by atoms with E-state index >= 15 is 0 Å². The van der Waals surface area contributed by atoms with Crippen molar-refractivity contribution in [3.63, 3.8) is 0 Å². The number of nitrogens with one attached hydrogen (secondary N) is 1. The highest BCUT2D eigenvalue weighted by atomic mass is 19.4. The molecule has 1 aromatic heterocycles. The largest absolute Gasteiger partial charge is 0.494 e. The molecule has 34 heavy (non-hydrogen) atoms. The van der Waals surface area contributed by atoms with Crippen molar-refractivity contribution in [3.05, 3.63) is 89.6 Å². The number of halogens is 3. The maximum Gasteiger partial charge on any atom is 0.491 e. The molecule has 0 aliphatic rings. The van der Waals surface area contributed by atoms with Gasteiger partial charge in [0.25, 0.3) is 0 Å². The molecular formula is C25H23F3N2O4. The van der Waals surface area contributed by atoms with E-state index in [0.29, 0.717) is 30.9 Å². The third-order valence-electron chi connectivity index (χ3n) is 4.75. The maximum atomic E-state index is 12.3. The SMILES string of the molecule is O=C(Cc1ccccc1Cc1cccc(OCCCNc2ccccn2)c1)OC(=O)C(F)(F)F. The van der Waals surface area contributed by atoms with Gasteiger partial charge in [0.2, 0.25) is 0 Å². The smallest absolute Gasteiger partial charge is 0.491 e. The fraction of sp³-hybridized carbons (Fsp3) is 0.240. The Balaban J connectivity index is 1.53.